The van der Waals surface area contributed by atoms with Gasteiger partial charge in [-0.1, -0.05) is 43.7 Å². The molecular weight excluding hydrogens is 504 g/mol. The molecule has 3 aromatic heterocycles. The highest BCUT2D eigenvalue weighted by Crippen LogP contribution is 2.34. The number of rotatable bonds is 10. The van der Waals surface area contributed by atoms with Gasteiger partial charge in [0.1, 0.15) is 24.2 Å². The number of nitrogens with zero attached hydrogens (tertiary/aromatic N) is 3. The molecule has 202 valence electrons. The van der Waals surface area contributed by atoms with E-state index in [0.717, 1.165) is 79.6 Å². The number of piperidine rings is 1. The SMILES string of the molecule is CCCc1c(-c2ccccc2)nc(-c2cc3sccc3n2C)n1CCOc1ccc(OC2CCNCC2)cc1. The molecule has 5 aromatic rings. The van der Waals surface area contributed by atoms with Crippen LogP contribution in [-0.2, 0) is 20.0 Å². The zero-order valence-corrected chi connectivity index (χ0v) is 23.5. The Morgan fingerprint density at radius 3 is 2.51 bits per heavy atom. The maximum atomic E-state index is 6.25. The Morgan fingerprint density at radius 2 is 1.77 bits per heavy atom. The molecule has 0 spiro atoms. The molecule has 1 aliphatic heterocycles. The smallest absolute Gasteiger partial charge is 0.157 e. The summed E-state index contributed by atoms with van der Waals surface area (Å²) in [6.07, 6.45) is 4.40. The lowest BCUT2D eigenvalue weighted by molar-refractivity contribution is 0.162. The number of hydrogen-bond acceptors (Lipinski definition) is 5. The largest absolute Gasteiger partial charge is 0.492 e. The fourth-order valence-corrected chi connectivity index (χ4v) is 6.33. The second-order valence-electron chi connectivity index (χ2n) is 10.1. The third-order valence-corrected chi connectivity index (χ3v) is 8.35. The number of nitrogens with one attached hydrogen (secondary N) is 1. The quantitative estimate of drug-likeness (QED) is 0.209. The Morgan fingerprint density at radius 1 is 1.00 bits per heavy atom. The van der Waals surface area contributed by atoms with E-state index in [2.05, 4.69) is 76.3 Å². The number of fused-ring (bicyclic) bond motifs is 1. The van der Waals surface area contributed by atoms with E-state index in [1.54, 1.807) is 11.3 Å². The molecular formula is C32H36N4O2S. The summed E-state index contributed by atoms with van der Waals surface area (Å²) in [5.74, 6) is 2.76. The van der Waals surface area contributed by atoms with Crippen molar-refractivity contribution in [3.8, 4) is 34.3 Å². The number of thiophene rings is 1. The van der Waals surface area contributed by atoms with Gasteiger partial charge >= 0.3 is 0 Å². The molecule has 1 saturated heterocycles. The van der Waals surface area contributed by atoms with E-state index in [4.69, 9.17) is 14.5 Å². The van der Waals surface area contributed by atoms with Crippen LogP contribution in [0.1, 0.15) is 31.9 Å². The third-order valence-electron chi connectivity index (χ3n) is 7.50. The molecule has 2 aromatic carbocycles. The van der Waals surface area contributed by atoms with Gasteiger partial charge in [-0.25, -0.2) is 4.98 Å². The first kappa shape index (κ1) is 25.7. The van der Waals surface area contributed by atoms with Gasteiger partial charge in [-0.15, -0.1) is 11.3 Å². The van der Waals surface area contributed by atoms with E-state index in [0.29, 0.717) is 12.7 Å². The summed E-state index contributed by atoms with van der Waals surface area (Å²) in [6.45, 7) is 5.55. The van der Waals surface area contributed by atoms with Gasteiger partial charge < -0.3 is 23.9 Å². The van der Waals surface area contributed by atoms with Crippen molar-refractivity contribution in [3.63, 3.8) is 0 Å². The molecule has 6 rings (SSSR count). The molecule has 6 nitrogen and oxygen atoms in total. The first-order chi connectivity index (χ1) is 19.2. The van der Waals surface area contributed by atoms with Crippen LogP contribution in [0.15, 0.2) is 72.1 Å². The van der Waals surface area contributed by atoms with Crippen molar-refractivity contribution >= 4 is 21.6 Å². The first-order valence-corrected chi connectivity index (χ1v) is 14.9. The van der Waals surface area contributed by atoms with Crippen molar-refractivity contribution < 1.29 is 9.47 Å². The molecule has 4 heterocycles. The summed E-state index contributed by atoms with van der Waals surface area (Å²) in [5, 5.41) is 5.53. The molecule has 0 bridgehead atoms. The summed E-state index contributed by atoms with van der Waals surface area (Å²) in [6, 6.07) is 23.1. The highest BCUT2D eigenvalue weighted by molar-refractivity contribution is 7.17. The van der Waals surface area contributed by atoms with Gasteiger partial charge in [-0.2, -0.15) is 0 Å². The van der Waals surface area contributed by atoms with Crippen LogP contribution in [0, 0.1) is 0 Å². The lowest BCUT2D eigenvalue weighted by atomic mass is 10.1. The summed E-state index contributed by atoms with van der Waals surface area (Å²) in [7, 11) is 2.13. The predicted molar refractivity (Wildman–Crippen MR) is 160 cm³/mol. The molecule has 0 aliphatic carbocycles. The lowest BCUT2D eigenvalue weighted by Crippen LogP contribution is -2.34. The molecule has 1 fully saturated rings. The minimum atomic E-state index is 0.293. The van der Waals surface area contributed by atoms with Gasteiger partial charge in [0.25, 0.3) is 0 Å². The van der Waals surface area contributed by atoms with E-state index in [9.17, 15) is 0 Å². The van der Waals surface area contributed by atoms with Crippen LogP contribution in [0.5, 0.6) is 11.5 Å². The minimum absolute atomic E-state index is 0.293. The fraction of sp³-hybridized carbons (Fsp3) is 0.344. The second-order valence-corrected chi connectivity index (χ2v) is 11.1. The van der Waals surface area contributed by atoms with Crippen LogP contribution in [0.3, 0.4) is 0 Å². The summed E-state index contributed by atoms with van der Waals surface area (Å²) >= 11 is 1.77. The summed E-state index contributed by atoms with van der Waals surface area (Å²) in [5.41, 5.74) is 5.86. The van der Waals surface area contributed by atoms with Crippen molar-refractivity contribution in [2.24, 2.45) is 7.05 Å². The maximum Gasteiger partial charge on any atom is 0.157 e. The van der Waals surface area contributed by atoms with Crippen LogP contribution < -0.4 is 14.8 Å². The van der Waals surface area contributed by atoms with E-state index in [1.165, 1.54) is 15.9 Å². The number of aryl methyl sites for hydroxylation is 1. The minimum Gasteiger partial charge on any atom is -0.492 e. The Hall–Kier alpha value is -3.55. The third kappa shape index (κ3) is 5.47. The number of ether oxygens (including phenoxy) is 2. The molecule has 0 amide bonds. The van der Waals surface area contributed by atoms with Gasteiger partial charge in [0, 0.05) is 18.3 Å². The second kappa shape index (κ2) is 11.7. The topological polar surface area (TPSA) is 53.2 Å². The van der Waals surface area contributed by atoms with Crippen molar-refractivity contribution in [2.45, 2.75) is 45.3 Å². The molecule has 1 aliphatic rings. The Kier molecular flexibility index (Phi) is 7.70. The van der Waals surface area contributed by atoms with Crippen molar-refractivity contribution in [1.29, 1.82) is 0 Å². The van der Waals surface area contributed by atoms with E-state index in [-0.39, 0.29) is 0 Å². The predicted octanol–water partition coefficient (Wildman–Crippen LogP) is 6.93. The van der Waals surface area contributed by atoms with Crippen molar-refractivity contribution in [2.75, 3.05) is 19.7 Å². The maximum absolute atomic E-state index is 6.25. The Balaban J connectivity index is 1.26. The molecule has 0 radical (unpaired) electrons. The Bertz CT molecular complexity index is 1510. The average molecular weight is 541 g/mol. The number of aromatic nitrogens is 3. The van der Waals surface area contributed by atoms with Crippen molar-refractivity contribution in [3.05, 3.63) is 77.8 Å². The van der Waals surface area contributed by atoms with E-state index < -0.39 is 0 Å². The molecule has 7 heteroatoms. The van der Waals surface area contributed by atoms with Gasteiger partial charge in [0.15, 0.2) is 5.82 Å². The van der Waals surface area contributed by atoms with Gasteiger partial charge in [0.05, 0.1) is 28.1 Å². The first-order valence-electron chi connectivity index (χ1n) is 14.0. The van der Waals surface area contributed by atoms with Gasteiger partial charge in [0.2, 0.25) is 0 Å². The number of imidazole rings is 1. The highest BCUT2D eigenvalue weighted by Gasteiger charge is 2.22. The molecule has 0 atom stereocenters. The van der Waals surface area contributed by atoms with Crippen LogP contribution >= 0.6 is 11.3 Å². The van der Waals surface area contributed by atoms with E-state index in [1.807, 2.05) is 24.3 Å². The monoisotopic (exact) mass is 540 g/mol. The fourth-order valence-electron chi connectivity index (χ4n) is 5.48. The molecule has 39 heavy (non-hydrogen) atoms. The average Bonchev–Trinajstić information content (AvgIpc) is 3.66. The number of hydrogen-bond donors (Lipinski definition) is 1. The van der Waals surface area contributed by atoms with Gasteiger partial charge in [-0.05, 0) is 74.1 Å². The number of benzene rings is 2. The lowest BCUT2D eigenvalue weighted by Gasteiger charge is -2.23. The summed E-state index contributed by atoms with van der Waals surface area (Å²) < 4.78 is 18.3. The molecule has 0 saturated carbocycles. The zero-order chi connectivity index (χ0) is 26.6. The van der Waals surface area contributed by atoms with Crippen molar-refractivity contribution in [1.82, 2.24) is 19.4 Å². The standard InChI is InChI=1S/C32H36N4O2S/c1-3-7-28-31(23-8-5-4-6-9-23)34-32(29-22-30-27(35(29)2)16-21-39-30)36(28)19-20-37-24-10-12-25(13-11-24)38-26-14-17-33-18-15-26/h4-6,8-13,16,21-22,26,33H,3,7,14-15,17-20H2,1-2H3. The van der Waals surface area contributed by atoms with Gasteiger partial charge in [-0.3, -0.25) is 0 Å². The van der Waals surface area contributed by atoms with E-state index >= 15 is 0 Å². The van der Waals surface area contributed by atoms with Crippen LogP contribution in [0.25, 0.3) is 33.0 Å². The molecule has 0 unspecified atom stereocenters. The zero-order valence-electron chi connectivity index (χ0n) is 22.7. The van der Waals surface area contributed by atoms with Crippen LogP contribution in [-0.4, -0.2) is 39.9 Å². The summed E-state index contributed by atoms with van der Waals surface area (Å²) in [4.78, 5) is 5.27. The Labute approximate surface area is 234 Å². The normalized spacial score (nSPS) is 14.2. The highest BCUT2D eigenvalue weighted by atomic mass is 32.1. The molecule has 1 N–H and O–H groups in total. The van der Waals surface area contributed by atoms with Crippen LogP contribution in [0.2, 0.25) is 0 Å². The van der Waals surface area contributed by atoms with Crippen LogP contribution in [0.4, 0.5) is 0 Å².